The van der Waals surface area contributed by atoms with Gasteiger partial charge in [0.25, 0.3) is 0 Å². The van der Waals surface area contributed by atoms with Crippen molar-refractivity contribution in [3.63, 3.8) is 0 Å². The first kappa shape index (κ1) is 10.5. The maximum absolute atomic E-state index is 13.6. The van der Waals surface area contributed by atoms with Crippen LogP contribution in [-0.2, 0) is 11.2 Å². The fourth-order valence-corrected chi connectivity index (χ4v) is 2.68. The summed E-state index contributed by atoms with van der Waals surface area (Å²) in [6.07, 6.45) is 0.0520. The van der Waals surface area contributed by atoms with Crippen LogP contribution >= 0.6 is 27.3 Å². The zero-order chi connectivity index (χ0) is 11.0. The number of carbonyl (C=O) groups excluding carboxylic acids is 1. The molecule has 6 heteroatoms. The van der Waals surface area contributed by atoms with Crippen LogP contribution in [0, 0.1) is 5.82 Å². The van der Waals surface area contributed by atoms with Gasteiger partial charge in [-0.2, -0.15) is 0 Å². The molecular weight excluding hydrogens is 283 g/mol. The van der Waals surface area contributed by atoms with Gasteiger partial charge in [-0.05, 0) is 28.1 Å². The number of hydrogen-bond donors (Lipinski definition) is 1. The van der Waals surface area contributed by atoms with Crippen LogP contribution < -0.4 is 5.73 Å². The molecule has 2 N–H and O–H groups in total. The molecule has 0 saturated heterocycles. The summed E-state index contributed by atoms with van der Waals surface area (Å²) in [5.74, 6) is -0.811. The number of nitrogens with two attached hydrogens (primary N) is 1. The van der Waals surface area contributed by atoms with Gasteiger partial charge >= 0.3 is 0 Å². The van der Waals surface area contributed by atoms with Crippen molar-refractivity contribution >= 4 is 43.4 Å². The molecule has 0 aliphatic heterocycles. The first-order valence-corrected chi connectivity index (χ1v) is 5.70. The Morgan fingerprint density at radius 3 is 3.00 bits per heavy atom. The Morgan fingerprint density at radius 1 is 1.60 bits per heavy atom. The lowest BCUT2D eigenvalue weighted by Crippen LogP contribution is -2.13. The summed E-state index contributed by atoms with van der Waals surface area (Å²) in [4.78, 5) is 14.8. The molecule has 1 aromatic heterocycles. The molecule has 0 spiro atoms. The third kappa shape index (κ3) is 2.00. The smallest absolute Gasteiger partial charge is 0.224 e. The van der Waals surface area contributed by atoms with E-state index in [2.05, 4.69) is 20.9 Å². The van der Waals surface area contributed by atoms with Gasteiger partial charge in [0.1, 0.15) is 5.01 Å². The molecular formula is C9H6BrFN2OS. The summed E-state index contributed by atoms with van der Waals surface area (Å²) >= 11 is 4.24. The molecule has 78 valence electrons. The number of amides is 1. The second-order valence-electron chi connectivity index (χ2n) is 2.96. The molecule has 0 unspecified atom stereocenters. The molecule has 0 aliphatic carbocycles. The Labute approximate surface area is 97.2 Å². The van der Waals surface area contributed by atoms with Gasteiger partial charge in [-0.3, -0.25) is 4.79 Å². The van der Waals surface area contributed by atoms with E-state index in [4.69, 9.17) is 5.73 Å². The van der Waals surface area contributed by atoms with Gasteiger partial charge in [0.05, 0.1) is 21.1 Å². The van der Waals surface area contributed by atoms with Gasteiger partial charge in [0.15, 0.2) is 5.82 Å². The molecule has 0 aliphatic rings. The summed E-state index contributed by atoms with van der Waals surface area (Å²) in [6.45, 7) is 0. The molecule has 1 aromatic carbocycles. The van der Waals surface area contributed by atoms with Crippen LogP contribution in [0.4, 0.5) is 4.39 Å². The summed E-state index contributed by atoms with van der Waals surface area (Å²) in [5, 5.41) is 0.537. The van der Waals surface area contributed by atoms with Gasteiger partial charge in [0, 0.05) is 0 Å². The van der Waals surface area contributed by atoms with Crippen LogP contribution in [0.25, 0.3) is 10.2 Å². The maximum Gasteiger partial charge on any atom is 0.224 e. The summed E-state index contributed by atoms with van der Waals surface area (Å²) in [7, 11) is 0. The van der Waals surface area contributed by atoms with E-state index in [0.717, 1.165) is 11.3 Å². The van der Waals surface area contributed by atoms with E-state index in [1.54, 1.807) is 12.1 Å². The van der Waals surface area contributed by atoms with Crippen molar-refractivity contribution in [1.29, 1.82) is 0 Å². The average Bonchev–Trinajstić information content (AvgIpc) is 2.54. The van der Waals surface area contributed by atoms with E-state index in [-0.39, 0.29) is 12.2 Å². The number of nitrogens with zero attached hydrogens (tertiary/aromatic N) is 1. The fraction of sp³-hybridized carbons (Fsp3) is 0.111. The van der Waals surface area contributed by atoms with Crippen molar-refractivity contribution in [1.82, 2.24) is 4.98 Å². The SMILES string of the molecule is NC(=O)Cc1nc2ccc(Br)c(F)c2s1. The normalized spacial score (nSPS) is 10.8. The molecule has 1 amide bonds. The Morgan fingerprint density at radius 2 is 2.33 bits per heavy atom. The van der Waals surface area contributed by atoms with Gasteiger partial charge in [-0.25, -0.2) is 9.37 Å². The molecule has 0 bridgehead atoms. The Bertz CT molecular complexity index is 540. The second-order valence-corrected chi connectivity index (χ2v) is 4.90. The Hall–Kier alpha value is -1.01. The molecule has 0 saturated carbocycles. The number of halogens is 2. The van der Waals surface area contributed by atoms with E-state index in [1.165, 1.54) is 0 Å². The lowest BCUT2D eigenvalue weighted by Gasteiger charge is -1.92. The number of carbonyl (C=O) groups is 1. The first-order chi connectivity index (χ1) is 7.08. The molecule has 1 heterocycles. The second kappa shape index (κ2) is 3.86. The number of primary amides is 1. The van der Waals surface area contributed by atoms with Crippen molar-refractivity contribution in [2.45, 2.75) is 6.42 Å². The predicted octanol–water partition coefficient (Wildman–Crippen LogP) is 2.23. The van der Waals surface area contributed by atoms with Crippen LogP contribution in [0.1, 0.15) is 5.01 Å². The van der Waals surface area contributed by atoms with E-state index >= 15 is 0 Å². The average molecular weight is 289 g/mol. The highest BCUT2D eigenvalue weighted by Gasteiger charge is 2.11. The summed E-state index contributed by atoms with van der Waals surface area (Å²) < 4.78 is 14.4. The van der Waals surface area contributed by atoms with Crippen LogP contribution in [0.3, 0.4) is 0 Å². The molecule has 2 aromatic rings. The minimum atomic E-state index is -0.464. The van der Waals surface area contributed by atoms with Crippen molar-refractivity contribution < 1.29 is 9.18 Å². The number of hydrogen-bond acceptors (Lipinski definition) is 3. The zero-order valence-electron chi connectivity index (χ0n) is 7.46. The summed E-state index contributed by atoms with van der Waals surface area (Å²) in [6, 6.07) is 3.29. The maximum atomic E-state index is 13.6. The number of benzene rings is 1. The van der Waals surface area contributed by atoms with Crippen LogP contribution in [-0.4, -0.2) is 10.9 Å². The van der Waals surface area contributed by atoms with Gasteiger partial charge in [-0.1, -0.05) is 0 Å². The van der Waals surface area contributed by atoms with Gasteiger partial charge < -0.3 is 5.73 Å². The number of aromatic nitrogens is 1. The Kier molecular flexibility index (Phi) is 2.70. The fourth-order valence-electron chi connectivity index (χ4n) is 1.21. The first-order valence-electron chi connectivity index (χ1n) is 4.09. The molecule has 0 radical (unpaired) electrons. The van der Waals surface area contributed by atoms with E-state index in [0.29, 0.717) is 19.7 Å². The third-order valence-electron chi connectivity index (χ3n) is 1.82. The van der Waals surface area contributed by atoms with Crippen molar-refractivity contribution in [3.05, 3.63) is 27.4 Å². The third-order valence-corrected chi connectivity index (χ3v) is 3.50. The van der Waals surface area contributed by atoms with Crippen molar-refractivity contribution in [3.8, 4) is 0 Å². The predicted molar refractivity (Wildman–Crippen MR) is 60.2 cm³/mol. The standard InChI is InChI=1S/C9H6BrFN2OS/c10-4-1-2-5-9(8(4)11)15-7(13-5)3-6(12)14/h1-2H,3H2,(H2,12,14). The van der Waals surface area contributed by atoms with Gasteiger partial charge in [-0.15, -0.1) is 11.3 Å². The van der Waals surface area contributed by atoms with Crippen LogP contribution in [0.2, 0.25) is 0 Å². The number of fused-ring (bicyclic) bond motifs is 1. The number of thiazole rings is 1. The molecule has 0 atom stereocenters. The summed E-state index contributed by atoms with van der Waals surface area (Å²) in [5.41, 5.74) is 5.59. The number of rotatable bonds is 2. The largest absolute Gasteiger partial charge is 0.369 e. The van der Waals surface area contributed by atoms with E-state index in [9.17, 15) is 9.18 Å². The Balaban J connectivity index is 2.56. The quantitative estimate of drug-likeness (QED) is 0.921. The van der Waals surface area contributed by atoms with Crippen molar-refractivity contribution in [2.24, 2.45) is 5.73 Å². The van der Waals surface area contributed by atoms with Crippen LogP contribution in [0.5, 0.6) is 0 Å². The van der Waals surface area contributed by atoms with Crippen molar-refractivity contribution in [2.75, 3.05) is 0 Å². The molecule has 15 heavy (non-hydrogen) atoms. The lowest BCUT2D eigenvalue weighted by molar-refractivity contribution is -0.117. The topological polar surface area (TPSA) is 56.0 Å². The van der Waals surface area contributed by atoms with E-state index in [1.807, 2.05) is 0 Å². The minimum Gasteiger partial charge on any atom is -0.369 e. The highest BCUT2D eigenvalue weighted by atomic mass is 79.9. The minimum absolute atomic E-state index is 0.0520. The lowest BCUT2D eigenvalue weighted by atomic mass is 10.3. The molecule has 3 nitrogen and oxygen atoms in total. The van der Waals surface area contributed by atoms with E-state index < -0.39 is 5.91 Å². The van der Waals surface area contributed by atoms with Gasteiger partial charge in [0.2, 0.25) is 5.91 Å². The molecule has 0 fully saturated rings. The zero-order valence-corrected chi connectivity index (χ0v) is 9.86. The van der Waals surface area contributed by atoms with Crippen LogP contribution in [0.15, 0.2) is 16.6 Å². The molecule has 2 rings (SSSR count). The highest BCUT2D eigenvalue weighted by Crippen LogP contribution is 2.29. The highest BCUT2D eigenvalue weighted by molar-refractivity contribution is 9.10. The monoisotopic (exact) mass is 288 g/mol.